The van der Waals surface area contributed by atoms with E-state index >= 15 is 0 Å². The summed E-state index contributed by atoms with van der Waals surface area (Å²) in [5, 5.41) is 6.65. The molecule has 1 aromatic carbocycles. The molecule has 0 bridgehead atoms. The molecule has 98 valence electrons. The van der Waals surface area contributed by atoms with Gasteiger partial charge in [0.05, 0.1) is 0 Å². The summed E-state index contributed by atoms with van der Waals surface area (Å²) < 4.78 is 0. The van der Waals surface area contributed by atoms with Crippen molar-refractivity contribution in [1.29, 1.82) is 0 Å². The molecule has 0 aliphatic heterocycles. The summed E-state index contributed by atoms with van der Waals surface area (Å²) in [5.41, 5.74) is 2.19. The van der Waals surface area contributed by atoms with Crippen LogP contribution in [0.1, 0.15) is 11.3 Å². The summed E-state index contributed by atoms with van der Waals surface area (Å²) in [4.78, 5) is 8.33. The van der Waals surface area contributed by atoms with Crippen LogP contribution in [0.2, 0.25) is 0 Å². The number of aromatic nitrogens is 2. The van der Waals surface area contributed by atoms with Crippen LogP contribution in [0.3, 0.4) is 0 Å². The molecule has 19 heavy (non-hydrogen) atoms. The summed E-state index contributed by atoms with van der Waals surface area (Å²) in [6.07, 6.45) is 2.63. The van der Waals surface area contributed by atoms with Gasteiger partial charge in [0.25, 0.3) is 0 Å². The summed E-state index contributed by atoms with van der Waals surface area (Å²) in [7, 11) is 0. The number of nitrogens with one attached hydrogen (secondary N) is 2. The smallest absolute Gasteiger partial charge is 0.229 e. The SMILES string of the molecule is Cc1ccnc(NC(=S)NCCc2ccccc2)n1. The Balaban J connectivity index is 1.76. The monoisotopic (exact) mass is 272 g/mol. The molecule has 2 N–H and O–H groups in total. The highest BCUT2D eigenvalue weighted by molar-refractivity contribution is 7.80. The molecule has 0 atom stereocenters. The van der Waals surface area contributed by atoms with Crippen molar-refractivity contribution in [2.45, 2.75) is 13.3 Å². The lowest BCUT2D eigenvalue weighted by molar-refractivity contribution is 0.872. The predicted molar refractivity (Wildman–Crippen MR) is 81.1 cm³/mol. The first-order valence-electron chi connectivity index (χ1n) is 6.12. The second-order valence-corrected chi connectivity index (χ2v) is 4.55. The molecule has 0 radical (unpaired) electrons. The molecule has 2 rings (SSSR count). The van der Waals surface area contributed by atoms with Crippen LogP contribution in [0.25, 0.3) is 0 Å². The van der Waals surface area contributed by atoms with Gasteiger partial charge in [0.1, 0.15) is 0 Å². The minimum Gasteiger partial charge on any atom is -0.362 e. The number of aryl methyl sites for hydroxylation is 1. The second kappa shape index (κ2) is 6.80. The van der Waals surface area contributed by atoms with E-state index in [4.69, 9.17) is 12.2 Å². The molecule has 4 nitrogen and oxygen atoms in total. The van der Waals surface area contributed by atoms with Crippen molar-refractivity contribution in [2.24, 2.45) is 0 Å². The number of rotatable bonds is 4. The van der Waals surface area contributed by atoms with Gasteiger partial charge in [0, 0.05) is 18.4 Å². The average molecular weight is 272 g/mol. The minimum absolute atomic E-state index is 0.525. The Kier molecular flexibility index (Phi) is 4.80. The zero-order valence-electron chi connectivity index (χ0n) is 10.8. The fraction of sp³-hybridized carbons (Fsp3) is 0.214. The Hall–Kier alpha value is -2.01. The highest BCUT2D eigenvalue weighted by Crippen LogP contribution is 2.00. The summed E-state index contributed by atoms with van der Waals surface area (Å²) in [6.45, 7) is 2.69. The van der Waals surface area contributed by atoms with Crippen molar-refractivity contribution >= 4 is 23.3 Å². The van der Waals surface area contributed by atoms with Crippen LogP contribution in [0.4, 0.5) is 5.95 Å². The molecule has 0 saturated heterocycles. The fourth-order valence-corrected chi connectivity index (χ4v) is 1.81. The third-order valence-corrected chi connectivity index (χ3v) is 2.81. The van der Waals surface area contributed by atoms with Crippen molar-refractivity contribution < 1.29 is 0 Å². The van der Waals surface area contributed by atoms with E-state index in [1.807, 2.05) is 31.2 Å². The highest BCUT2D eigenvalue weighted by atomic mass is 32.1. The molecular formula is C14H16N4S. The van der Waals surface area contributed by atoms with E-state index in [1.165, 1.54) is 5.56 Å². The van der Waals surface area contributed by atoms with Crippen LogP contribution in [-0.2, 0) is 6.42 Å². The molecule has 0 fully saturated rings. The number of thiocarbonyl (C=S) groups is 1. The lowest BCUT2D eigenvalue weighted by atomic mass is 10.1. The number of hydrogen-bond donors (Lipinski definition) is 2. The van der Waals surface area contributed by atoms with Gasteiger partial charge in [-0.1, -0.05) is 30.3 Å². The Morgan fingerprint density at radius 3 is 2.74 bits per heavy atom. The van der Waals surface area contributed by atoms with E-state index in [-0.39, 0.29) is 0 Å². The zero-order chi connectivity index (χ0) is 13.5. The molecule has 1 aromatic heterocycles. The molecule has 0 spiro atoms. The fourth-order valence-electron chi connectivity index (χ4n) is 1.62. The normalized spacial score (nSPS) is 9.95. The quantitative estimate of drug-likeness (QED) is 0.837. The van der Waals surface area contributed by atoms with Gasteiger partial charge in [0.2, 0.25) is 5.95 Å². The van der Waals surface area contributed by atoms with Crippen LogP contribution in [-0.4, -0.2) is 21.6 Å². The largest absolute Gasteiger partial charge is 0.362 e. The molecule has 0 amide bonds. The number of nitrogens with zero attached hydrogens (tertiary/aromatic N) is 2. The van der Waals surface area contributed by atoms with Crippen molar-refractivity contribution in [3.8, 4) is 0 Å². The predicted octanol–water partition coefficient (Wildman–Crippen LogP) is 2.31. The van der Waals surface area contributed by atoms with E-state index in [9.17, 15) is 0 Å². The van der Waals surface area contributed by atoms with Crippen molar-refractivity contribution in [2.75, 3.05) is 11.9 Å². The van der Waals surface area contributed by atoms with E-state index in [0.717, 1.165) is 18.7 Å². The van der Waals surface area contributed by atoms with Crippen molar-refractivity contribution in [3.63, 3.8) is 0 Å². The average Bonchev–Trinajstić information content (AvgIpc) is 2.40. The third kappa shape index (κ3) is 4.63. The number of benzene rings is 1. The molecule has 0 aliphatic carbocycles. The Bertz CT molecular complexity index is 542. The maximum Gasteiger partial charge on any atom is 0.229 e. The first-order chi connectivity index (χ1) is 9.24. The summed E-state index contributed by atoms with van der Waals surface area (Å²) in [6, 6.07) is 12.1. The lowest BCUT2D eigenvalue weighted by Gasteiger charge is -2.09. The molecule has 0 unspecified atom stereocenters. The van der Waals surface area contributed by atoms with Crippen LogP contribution in [0.5, 0.6) is 0 Å². The Morgan fingerprint density at radius 1 is 1.21 bits per heavy atom. The Labute approximate surface area is 118 Å². The summed E-state index contributed by atoms with van der Waals surface area (Å²) in [5.74, 6) is 0.525. The first kappa shape index (κ1) is 13.4. The molecule has 0 aliphatic rings. The number of anilines is 1. The minimum atomic E-state index is 0.525. The van der Waals surface area contributed by atoms with Gasteiger partial charge in [-0.05, 0) is 37.2 Å². The van der Waals surface area contributed by atoms with Gasteiger partial charge in [-0.15, -0.1) is 0 Å². The van der Waals surface area contributed by atoms with Crippen LogP contribution >= 0.6 is 12.2 Å². The summed E-state index contributed by atoms with van der Waals surface area (Å²) >= 11 is 5.19. The standard InChI is InChI=1S/C14H16N4S/c1-11-7-9-15-13(17-11)18-14(19)16-10-8-12-5-3-2-4-6-12/h2-7,9H,8,10H2,1H3,(H2,15,16,17,18,19). The van der Waals surface area contributed by atoms with Crippen LogP contribution in [0, 0.1) is 6.92 Å². The van der Waals surface area contributed by atoms with Crippen LogP contribution < -0.4 is 10.6 Å². The highest BCUT2D eigenvalue weighted by Gasteiger charge is 2.00. The molecule has 0 saturated carbocycles. The van der Waals surface area contributed by atoms with Gasteiger partial charge in [0.15, 0.2) is 5.11 Å². The van der Waals surface area contributed by atoms with E-state index < -0.39 is 0 Å². The Morgan fingerprint density at radius 2 is 2.00 bits per heavy atom. The van der Waals surface area contributed by atoms with Gasteiger partial charge in [-0.3, -0.25) is 0 Å². The molecule has 2 aromatic rings. The maximum absolute atomic E-state index is 5.19. The molecule has 5 heteroatoms. The van der Waals surface area contributed by atoms with E-state index in [1.54, 1.807) is 6.20 Å². The molecule has 1 heterocycles. The maximum atomic E-state index is 5.19. The van der Waals surface area contributed by atoms with Gasteiger partial charge < -0.3 is 10.6 Å². The lowest BCUT2D eigenvalue weighted by Crippen LogP contribution is -2.30. The van der Waals surface area contributed by atoms with Crippen LogP contribution in [0.15, 0.2) is 42.6 Å². The van der Waals surface area contributed by atoms with E-state index in [0.29, 0.717) is 11.1 Å². The molecular weight excluding hydrogens is 256 g/mol. The first-order valence-corrected chi connectivity index (χ1v) is 6.53. The number of hydrogen-bond acceptors (Lipinski definition) is 3. The second-order valence-electron chi connectivity index (χ2n) is 4.14. The van der Waals surface area contributed by atoms with Gasteiger partial charge >= 0.3 is 0 Å². The topological polar surface area (TPSA) is 49.8 Å². The van der Waals surface area contributed by atoms with Gasteiger partial charge in [-0.2, -0.15) is 0 Å². The zero-order valence-corrected chi connectivity index (χ0v) is 11.6. The van der Waals surface area contributed by atoms with Gasteiger partial charge in [-0.25, -0.2) is 9.97 Å². The van der Waals surface area contributed by atoms with E-state index in [2.05, 4.69) is 32.7 Å². The van der Waals surface area contributed by atoms with Crippen molar-refractivity contribution in [3.05, 3.63) is 53.9 Å². The third-order valence-electron chi connectivity index (χ3n) is 2.56. The van der Waals surface area contributed by atoms with Crippen molar-refractivity contribution in [1.82, 2.24) is 15.3 Å².